The van der Waals surface area contributed by atoms with E-state index < -0.39 is 0 Å². The van der Waals surface area contributed by atoms with Crippen LogP contribution < -0.4 is 5.32 Å². The summed E-state index contributed by atoms with van der Waals surface area (Å²) in [6, 6.07) is 10.4. The van der Waals surface area contributed by atoms with Crippen molar-refractivity contribution in [2.75, 3.05) is 20.1 Å². The molecule has 5 nitrogen and oxygen atoms in total. The minimum Gasteiger partial charge on any atom is -0.352 e. The molecule has 2 fully saturated rings. The second-order valence-electron chi connectivity index (χ2n) is 7.04. The predicted molar refractivity (Wildman–Crippen MR) is 96.2 cm³/mol. The van der Waals surface area contributed by atoms with E-state index in [-0.39, 0.29) is 0 Å². The fourth-order valence-corrected chi connectivity index (χ4v) is 3.90. The summed E-state index contributed by atoms with van der Waals surface area (Å²) in [4.78, 5) is 6.91. The standard InChI is InChI=1S/C19H25N5/c1-20-18(23-13-10-19(15-23)8-2-9-19)21-14-16-4-6-17(7-5-16)24-12-3-11-22-24/h3-7,11-12H,2,8-10,13-15H2,1H3,(H,20,21). The largest absolute Gasteiger partial charge is 0.352 e. The Kier molecular flexibility index (Phi) is 4.00. The second kappa shape index (κ2) is 6.30. The molecule has 0 atom stereocenters. The number of benzene rings is 1. The highest BCUT2D eigenvalue weighted by atomic mass is 15.3. The van der Waals surface area contributed by atoms with Crippen LogP contribution in [-0.4, -0.2) is 40.8 Å². The molecule has 1 aromatic carbocycles. The lowest BCUT2D eigenvalue weighted by Gasteiger charge is -2.38. The molecular formula is C19H25N5. The van der Waals surface area contributed by atoms with Crippen LogP contribution in [0.25, 0.3) is 5.69 Å². The van der Waals surface area contributed by atoms with Crippen LogP contribution in [0.15, 0.2) is 47.7 Å². The van der Waals surface area contributed by atoms with Gasteiger partial charge in [0.25, 0.3) is 0 Å². The smallest absolute Gasteiger partial charge is 0.193 e. The van der Waals surface area contributed by atoms with Gasteiger partial charge in [-0.25, -0.2) is 4.68 Å². The topological polar surface area (TPSA) is 45.5 Å². The van der Waals surface area contributed by atoms with Crippen LogP contribution in [0.4, 0.5) is 0 Å². The van der Waals surface area contributed by atoms with Crippen LogP contribution in [0.1, 0.15) is 31.2 Å². The molecule has 0 amide bonds. The Balaban J connectivity index is 1.35. The average molecular weight is 323 g/mol. The first-order valence-corrected chi connectivity index (χ1v) is 8.83. The third-order valence-electron chi connectivity index (χ3n) is 5.52. The van der Waals surface area contributed by atoms with Gasteiger partial charge in [0.1, 0.15) is 0 Å². The van der Waals surface area contributed by atoms with Gasteiger partial charge in [0.05, 0.1) is 5.69 Å². The summed E-state index contributed by atoms with van der Waals surface area (Å²) in [6.45, 7) is 3.11. The maximum absolute atomic E-state index is 4.48. The lowest BCUT2D eigenvalue weighted by molar-refractivity contribution is 0.151. The van der Waals surface area contributed by atoms with Crippen LogP contribution in [0.3, 0.4) is 0 Å². The molecule has 1 aromatic heterocycles. The molecular weight excluding hydrogens is 298 g/mol. The van der Waals surface area contributed by atoms with E-state index in [1.54, 1.807) is 6.20 Å². The summed E-state index contributed by atoms with van der Waals surface area (Å²) < 4.78 is 1.87. The number of aliphatic imine (C=N–C) groups is 1. The molecule has 1 saturated carbocycles. The minimum absolute atomic E-state index is 0.600. The first kappa shape index (κ1) is 15.2. The van der Waals surface area contributed by atoms with Gasteiger partial charge in [0.2, 0.25) is 0 Å². The molecule has 1 aliphatic carbocycles. The van der Waals surface area contributed by atoms with Crippen molar-refractivity contribution in [1.29, 1.82) is 0 Å². The van der Waals surface area contributed by atoms with E-state index in [4.69, 9.17) is 0 Å². The van der Waals surface area contributed by atoms with E-state index in [2.05, 4.69) is 44.6 Å². The van der Waals surface area contributed by atoms with Crippen molar-refractivity contribution in [3.63, 3.8) is 0 Å². The van der Waals surface area contributed by atoms with Crippen molar-refractivity contribution < 1.29 is 0 Å². The molecule has 4 rings (SSSR count). The minimum atomic E-state index is 0.600. The van der Waals surface area contributed by atoms with E-state index >= 15 is 0 Å². The van der Waals surface area contributed by atoms with E-state index in [0.29, 0.717) is 5.41 Å². The molecule has 0 unspecified atom stereocenters. The molecule has 1 saturated heterocycles. The number of nitrogens with zero attached hydrogens (tertiary/aromatic N) is 4. The zero-order valence-electron chi connectivity index (χ0n) is 14.3. The molecule has 1 N–H and O–H groups in total. The lowest BCUT2D eigenvalue weighted by Crippen LogP contribution is -2.42. The quantitative estimate of drug-likeness (QED) is 0.698. The molecule has 5 heteroatoms. The third kappa shape index (κ3) is 2.90. The summed E-state index contributed by atoms with van der Waals surface area (Å²) in [5.41, 5.74) is 2.94. The molecule has 2 aliphatic rings. The second-order valence-corrected chi connectivity index (χ2v) is 7.04. The lowest BCUT2D eigenvalue weighted by atomic mass is 9.68. The van der Waals surface area contributed by atoms with Gasteiger partial charge in [-0.3, -0.25) is 4.99 Å². The number of hydrogen-bond donors (Lipinski definition) is 1. The molecule has 126 valence electrons. The molecule has 0 radical (unpaired) electrons. The third-order valence-corrected chi connectivity index (χ3v) is 5.52. The molecule has 1 aliphatic heterocycles. The highest BCUT2D eigenvalue weighted by molar-refractivity contribution is 5.80. The number of nitrogens with one attached hydrogen (secondary N) is 1. The predicted octanol–water partition coefficient (Wildman–Crippen LogP) is 2.82. The van der Waals surface area contributed by atoms with Crippen molar-refractivity contribution in [1.82, 2.24) is 20.0 Å². The summed E-state index contributed by atoms with van der Waals surface area (Å²) in [5, 5.41) is 7.78. The summed E-state index contributed by atoms with van der Waals surface area (Å²) >= 11 is 0. The zero-order valence-corrected chi connectivity index (χ0v) is 14.3. The van der Waals surface area contributed by atoms with E-state index in [1.165, 1.54) is 37.8 Å². The molecule has 1 spiro atoms. The van der Waals surface area contributed by atoms with E-state index in [1.807, 2.05) is 24.0 Å². The van der Waals surface area contributed by atoms with Crippen molar-refractivity contribution in [2.24, 2.45) is 10.4 Å². The van der Waals surface area contributed by atoms with Gasteiger partial charge in [-0.2, -0.15) is 5.10 Å². The number of rotatable bonds is 3. The Morgan fingerprint density at radius 1 is 1.25 bits per heavy atom. The van der Waals surface area contributed by atoms with Gasteiger partial charge < -0.3 is 10.2 Å². The summed E-state index contributed by atoms with van der Waals surface area (Å²) in [5.74, 6) is 1.04. The fourth-order valence-electron chi connectivity index (χ4n) is 3.90. The van der Waals surface area contributed by atoms with Gasteiger partial charge in [0, 0.05) is 39.1 Å². The molecule has 2 heterocycles. The maximum atomic E-state index is 4.48. The average Bonchev–Trinajstić information content (AvgIpc) is 3.26. The van der Waals surface area contributed by atoms with Crippen LogP contribution in [0.2, 0.25) is 0 Å². The Morgan fingerprint density at radius 3 is 2.67 bits per heavy atom. The van der Waals surface area contributed by atoms with Crippen molar-refractivity contribution in [3.8, 4) is 5.69 Å². The number of likely N-dealkylation sites (tertiary alicyclic amines) is 1. The van der Waals surface area contributed by atoms with Crippen LogP contribution in [0, 0.1) is 5.41 Å². The van der Waals surface area contributed by atoms with E-state index in [0.717, 1.165) is 24.7 Å². The van der Waals surface area contributed by atoms with Gasteiger partial charge in [0.15, 0.2) is 5.96 Å². The Bertz CT molecular complexity index is 698. The number of aromatic nitrogens is 2. The fraction of sp³-hybridized carbons (Fsp3) is 0.474. The highest BCUT2D eigenvalue weighted by Gasteiger charge is 2.43. The van der Waals surface area contributed by atoms with Gasteiger partial charge >= 0.3 is 0 Å². The zero-order chi connectivity index (χ0) is 16.4. The monoisotopic (exact) mass is 323 g/mol. The van der Waals surface area contributed by atoms with E-state index in [9.17, 15) is 0 Å². The Morgan fingerprint density at radius 2 is 2.08 bits per heavy atom. The number of guanidine groups is 1. The Labute approximate surface area is 143 Å². The first-order valence-electron chi connectivity index (χ1n) is 8.83. The van der Waals surface area contributed by atoms with Crippen LogP contribution >= 0.6 is 0 Å². The molecule has 24 heavy (non-hydrogen) atoms. The van der Waals surface area contributed by atoms with Crippen molar-refractivity contribution in [3.05, 3.63) is 48.3 Å². The Hall–Kier alpha value is -2.30. The van der Waals surface area contributed by atoms with Gasteiger partial charge in [-0.15, -0.1) is 0 Å². The number of hydrogen-bond acceptors (Lipinski definition) is 2. The van der Waals surface area contributed by atoms with Gasteiger partial charge in [-0.05, 0) is 48.4 Å². The maximum Gasteiger partial charge on any atom is 0.193 e. The first-order chi connectivity index (χ1) is 11.8. The van der Waals surface area contributed by atoms with Crippen LogP contribution in [0.5, 0.6) is 0 Å². The summed E-state index contributed by atoms with van der Waals surface area (Å²) in [7, 11) is 1.88. The SMILES string of the molecule is CN=C(NCc1ccc(-n2cccn2)cc1)N1CCC2(CCC2)C1. The highest BCUT2D eigenvalue weighted by Crippen LogP contribution is 2.47. The van der Waals surface area contributed by atoms with Crippen molar-refractivity contribution >= 4 is 5.96 Å². The molecule has 2 aromatic rings. The summed E-state index contributed by atoms with van der Waals surface area (Å²) in [6.07, 6.45) is 9.28. The molecule has 0 bridgehead atoms. The van der Waals surface area contributed by atoms with Crippen molar-refractivity contribution in [2.45, 2.75) is 32.2 Å². The van der Waals surface area contributed by atoms with Gasteiger partial charge in [-0.1, -0.05) is 18.6 Å². The van der Waals surface area contributed by atoms with Crippen LogP contribution in [-0.2, 0) is 6.54 Å². The normalized spacial score (nSPS) is 19.5.